The number of carboxylic acid groups (broad SMARTS) is 1. The SMILES string of the molecule is Cn1ncc(Cl)c1-c1ccsc1C(=O)O. The van der Waals surface area contributed by atoms with E-state index in [0.717, 1.165) is 0 Å². The molecule has 6 heteroatoms. The second-order valence-electron chi connectivity index (χ2n) is 2.93. The van der Waals surface area contributed by atoms with Gasteiger partial charge in [-0.25, -0.2) is 4.79 Å². The van der Waals surface area contributed by atoms with Gasteiger partial charge < -0.3 is 5.11 Å². The minimum atomic E-state index is -0.947. The Balaban J connectivity index is 2.64. The van der Waals surface area contributed by atoms with E-state index in [9.17, 15) is 4.79 Å². The fourth-order valence-corrected chi connectivity index (χ4v) is 2.38. The third-order valence-electron chi connectivity index (χ3n) is 2.01. The molecule has 0 aliphatic heterocycles. The highest BCUT2D eigenvalue weighted by atomic mass is 35.5. The third kappa shape index (κ3) is 1.64. The van der Waals surface area contributed by atoms with Crippen molar-refractivity contribution in [1.82, 2.24) is 9.78 Å². The highest BCUT2D eigenvalue weighted by molar-refractivity contribution is 7.12. The molecule has 0 fully saturated rings. The van der Waals surface area contributed by atoms with Gasteiger partial charge in [-0.1, -0.05) is 11.6 Å². The van der Waals surface area contributed by atoms with Gasteiger partial charge in [-0.15, -0.1) is 11.3 Å². The number of hydrogen-bond donors (Lipinski definition) is 1. The van der Waals surface area contributed by atoms with Crippen LogP contribution < -0.4 is 0 Å². The number of aromatic carboxylic acids is 1. The zero-order chi connectivity index (χ0) is 11.0. The van der Waals surface area contributed by atoms with Gasteiger partial charge in [0.15, 0.2) is 0 Å². The monoisotopic (exact) mass is 242 g/mol. The predicted octanol–water partition coefficient (Wildman–Crippen LogP) is 2.50. The molecule has 0 radical (unpaired) electrons. The van der Waals surface area contributed by atoms with Crippen LogP contribution in [0.2, 0.25) is 5.02 Å². The molecule has 0 spiro atoms. The van der Waals surface area contributed by atoms with Crippen LogP contribution in [0, 0.1) is 0 Å². The molecule has 2 aromatic heterocycles. The van der Waals surface area contributed by atoms with E-state index in [1.54, 1.807) is 23.2 Å². The van der Waals surface area contributed by atoms with E-state index in [1.165, 1.54) is 17.5 Å². The molecule has 0 amide bonds. The van der Waals surface area contributed by atoms with Crippen LogP contribution in [-0.4, -0.2) is 20.9 Å². The maximum absolute atomic E-state index is 10.9. The molecule has 4 nitrogen and oxygen atoms in total. The van der Waals surface area contributed by atoms with Gasteiger partial charge in [0.25, 0.3) is 0 Å². The molecule has 0 atom stereocenters. The molecular formula is C9H7ClN2O2S. The summed E-state index contributed by atoms with van der Waals surface area (Å²) in [7, 11) is 1.73. The average molecular weight is 243 g/mol. The van der Waals surface area contributed by atoms with E-state index in [4.69, 9.17) is 16.7 Å². The highest BCUT2D eigenvalue weighted by Crippen LogP contribution is 2.32. The maximum atomic E-state index is 10.9. The first-order chi connectivity index (χ1) is 7.11. The Morgan fingerprint density at radius 2 is 2.40 bits per heavy atom. The molecule has 0 aliphatic rings. The second kappa shape index (κ2) is 3.67. The van der Waals surface area contributed by atoms with Gasteiger partial charge >= 0.3 is 5.97 Å². The van der Waals surface area contributed by atoms with Crippen LogP contribution in [0.25, 0.3) is 11.3 Å². The van der Waals surface area contributed by atoms with Crippen molar-refractivity contribution in [2.45, 2.75) is 0 Å². The lowest BCUT2D eigenvalue weighted by Gasteiger charge is -2.01. The van der Waals surface area contributed by atoms with Crippen LogP contribution >= 0.6 is 22.9 Å². The van der Waals surface area contributed by atoms with E-state index >= 15 is 0 Å². The summed E-state index contributed by atoms with van der Waals surface area (Å²) < 4.78 is 1.57. The standard InChI is InChI=1S/C9H7ClN2O2S/c1-12-7(6(10)4-11-12)5-2-3-15-8(5)9(13)14/h2-4H,1H3,(H,13,14). The summed E-state index contributed by atoms with van der Waals surface area (Å²) in [5, 5.41) is 15.1. The molecule has 2 heterocycles. The van der Waals surface area contributed by atoms with E-state index < -0.39 is 5.97 Å². The number of aryl methyl sites for hydroxylation is 1. The summed E-state index contributed by atoms with van der Waals surface area (Å²) in [6.45, 7) is 0. The van der Waals surface area contributed by atoms with Gasteiger partial charge in [0.05, 0.1) is 16.9 Å². The van der Waals surface area contributed by atoms with Gasteiger partial charge in [0.2, 0.25) is 0 Å². The molecule has 0 unspecified atom stereocenters. The number of carbonyl (C=O) groups is 1. The molecule has 0 aliphatic carbocycles. The predicted molar refractivity (Wildman–Crippen MR) is 58.5 cm³/mol. The highest BCUT2D eigenvalue weighted by Gasteiger charge is 2.18. The van der Waals surface area contributed by atoms with Crippen molar-refractivity contribution in [3.8, 4) is 11.3 Å². The number of halogens is 1. The number of rotatable bonds is 2. The Morgan fingerprint density at radius 1 is 1.67 bits per heavy atom. The molecule has 0 aromatic carbocycles. The topological polar surface area (TPSA) is 55.1 Å². The van der Waals surface area contributed by atoms with Crippen molar-refractivity contribution < 1.29 is 9.90 Å². The first-order valence-electron chi connectivity index (χ1n) is 4.10. The quantitative estimate of drug-likeness (QED) is 0.880. The molecule has 2 aromatic rings. The Labute approximate surface area is 94.7 Å². The minimum Gasteiger partial charge on any atom is -0.477 e. The lowest BCUT2D eigenvalue weighted by atomic mass is 10.2. The summed E-state index contributed by atoms with van der Waals surface area (Å²) in [5.74, 6) is -0.947. The first kappa shape index (κ1) is 10.2. The Morgan fingerprint density at radius 3 is 2.93 bits per heavy atom. The van der Waals surface area contributed by atoms with E-state index in [-0.39, 0.29) is 4.88 Å². The van der Waals surface area contributed by atoms with Crippen molar-refractivity contribution in [1.29, 1.82) is 0 Å². The molecule has 0 saturated heterocycles. The van der Waals surface area contributed by atoms with Crippen molar-refractivity contribution in [3.05, 3.63) is 27.5 Å². The van der Waals surface area contributed by atoms with Crippen LogP contribution in [-0.2, 0) is 7.05 Å². The molecule has 0 bridgehead atoms. The summed E-state index contributed by atoms with van der Waals surface area (Å²) in [4.78, 5) is 11.2. The van der Waals surface area contributed by atoms with Crippen molar-refractivity contribution in [2.75, 3.05) is 0 Å². The maximum Gasteiger partial charge on any atom is 0.346 e. The fourth-order valence-electron chi connectivity index (χ4n) is 1.38. The molecule has 0 saturated carbocycles. The van der Waals surface area contributed by atoms with Crippen LogP contribution in [0.15, 0.2) is 17.6 Å². The molecule has 1 N–H and O–H groups in total. The third-order valence-corrected chi connectivity index (χ3v) is 3.19. The average Bonchev–Trinajstić information content (AvgIpc) is 2.73. The number of thiophene rings is 1. The van der Waals surface area contributed by atoms with Crippen LogP contribution in [0.3, 0.4) is 0 Å². The van der Waals surface area contributed by atoms with Gasteiger partial charge in [-0.05, 0) is 11.4 Å². The number of aromatic nitrogens is 2. The van der Waals surface area contributed by atoms with Crippen LogP contribution in [0.1, 0.15) is 9.67 Å². The fraction of sp³-hybridized carbons (Fsp3) is 0.111. The van der Waals surface area contributed by atoms with Gasteiger partial charge in [0.1, 0.15) is 4.88 Å². The Kier molecular flexibility index (Phi) is 2.50. The zero-order valence-corrected chi connectivity index (χ0v) is 9.34. The largest absolute Gasteiger partial charge is 0.477 e. The van der Waals surface area contributed by atoms with Crippen molar-refractivity contribution in [3.63, 3.8) is 0 Å². The van der Waals surface area contributed by atoms with Crippen molar-refractivity contribution >= 4 is 28.9 Å². The number of nitrogens with zero attached hydrogens (tertiary/aromatic N) is 2. The second-order valence-corrected chi connectivity index (χ2v) is 4.26. The smallest absolute Gasteiger partial charge is 0.346 e. The lowest BCUT2D eigenvalue weighted by Crippen LogP contribution is -1.99. The first-order valence-corrected chi connectivity index (χ1v) is 5.35. The van der Waals surface area contributed by atoms with E-state index in [0.29, 0.717) is 16.3 Å². The van der Waals surface area contributed by atoms with Crippen LogP contribution in [0.5, 0.6) is 0 Å². The molecule has 15 heavy (non-hydrogen) atoms. The normalized spacial score (nSPS) is 10.5. The number of carboxylic acids is 1. The molecular weight excluding hydrogens is 236 g/mol. The number of hydrogen-bond acceptors (Lipinski definition) is 3. The van der Waals surface area contributed by atoms with Gasteiger partial charge in [-0.3, -0.25) is 4.68 Å². The lowest BCUT2D eigenvalue weighted by molar-refractivity contribution is 0.0703. The van der Waals surface area contributed by atoms with E-state index in [1.807, 2.05) is 0 Å². The Bertz CT molecular complexity index is 498. The van der Waals surface area contributed by atoms with Crippen LogP contribution in [0.4, 0.5) is 0 Å². The summed E-state index contributed by atoms with van der Waals surface area (Å²) in [6.07, 6.45) is 1.50. The van der Waals surface area contributed by atoms with E-state index in [2.05, 4.69) is 5.10 Å². The minimum absolute atomic E-state index is 0.278. The molecule has 2 rings (SSSR count). The zero-order valence-electron chi connectivity index (χ0n) is 7.77. The Hall–Kier alpha value is -1.33. The van der Waals surface area contributed by atoms with Gasteiger partial charge in [0, 0.05) is 12.6 Å². The van der Waals surface area contributed by atoms with Crippen molar-refractivity contribution in [2.24, 2.45) is 7.05 Å². The van der Waals surface area contributed by atoms with Gasteiger partial charge in [-0.2, -0.15) is 5.10 Å². The summed E-state index contributed by atoms with van der Waals surface area (Å²) in [6, 6.07) is 1.73. The summed E-state index contributed by atoms with van der Waals surface area (Å²) in [5.41, 5.74) is 1.24. The summed E-state index contributed by atoms with van der Waals surface area (Å²) >= 11 is 7.12. The molecule has 78 valence electrons.